The van der Waals surface area contributed by atoms with Gasteiger partial charge in [-0.1, -0.05) is 23.9 Å². The highest BCUT2D eigenvalue weighted by Crippen LogP contribution is 2.24. The number of ether oxygens (including phenoxy) is 1. The van der Waals surface area contributed by atoms with E-state index >= 15 is 0 Å². The van der Waals surface area contributed by atoms with E-state index in [9.17, 15) is 18.8 Å². The van der Waals surface area contributed by atoms with Crippen molar-refractivity contribution in [3.63, 3.8) is 0 Å². The van der Waals surface area contributed by atoms with Gasteiger partial charge in [-0.2, -0.15) is 0 Å². The lowest BCUT2D eigenvalue weighted by Gasteiger charge is -2.20. The Balaban J connectivity index is 1.82. The van der Waals surface area contributed by atoms with E-state index in [1.165, 1.54) is 6.07 Å². The fourth-order valence-corrected chi connectivity index (χ4v) is 2.87. The van der Waals surface area contributed by atoms with Crippen LogP contribution in [-0.2, 0) is 21.4 Å². The van der Waals surface area contributed by atoms with Gasteiger partial charge in [0.05, 0.1) is 11.3 Å². The van der Waals surface area contributed by atoms with E-state index in [2.05, 4.69) is 20.8 Å². The Labute approximate surface area is 171 Å². The van der Waals surface area contributed by atoms with Crippen LogP contribution in [0.1, 0.15) is 20.8 Å². The van der Waals surface area contributed by atoms with Gasteiger partial charge in [0.25, 0.3) is 5.91 Å². The van der Waals surface area contributed by atoms with Crippen LogP contribution in [0.15, 0.2) is 29.4 Å². The summed E-state index contributed by atoms with van der Waals surface area (Å²) in [5.41, 5.74) is -0.211. The molecule has 2 aromatic rings. The van der Waals surface area contributed by atoms with Crippen LogP contribution < -0.4 is 10.6 Å². The average molecular weight is 423 g/mol. The number of hydrogen-bond donors (Lipinski definition) is 2. The molecule has 2 N–H and O–H groups in total. The molecule has 0 bridgehead atoms. The molecule has 1 heterocycles. The molecular formula is C18H22FN5O4S. The fraction of sp³-hybridized carbons (Fsp3) is 0.389. The number of amides is 3. The quantitative estimate of drug-likeness (QED) is 0.538. The molecule has 0 radical (unpaired) electrons. The number of hydrogen-bond acceptors (Lipinski definition) is 7. The maximum absolute atomic E-state index is 13.9. The van der Waals surface area contributed by atoms with E-state index in [-0.39, 0.29) is 5.75 Å². The maximum Gasteiger partial charge on any atom is 0.321 e. The minimum atomic E-state index is -0.745. The Bertz CT molecular complexity index is 910. The van der Waals surface area contributed by atoms with Crippen molar-refractivity contribution in [2.75, 3.05) is 12.4 Å². The Hall–Kier alpha value is -2.95. The van der Waals surface area contributed by atoms with Gasteiger partial charge in [-0.25, -0.2) is 9.18 Å². The lowest BCUT2D eigenvalue weighted by Crippen LogP contribution is -2.49. The molecule has 0 atom stereocenters. The number of nitrogens with zero attached hydrogens (tertiary/aromatic N) is 3. The van der Waals surface area contributed by atoms with Gasteiger partial charge < -0.3 is 14.6 Å². The van der Waals surface area contributed by atoms with Crippen molar-refractivity contribution in [3.05, 3.63) is 30.1 Å². The third-order valence-corrected chi connectivity index (χ3v) is 4.37. The molecule has 0 aliphatic carbocycles. The third kappa shape index (κ3) is 6.86. The van der Waals surface area contributed by atoms with Gasteiger partial charge in [0.2, 0.25) is 0 Å². The molecular weight excluding hydrogens is 401 g/mol. The van der Waals surface area contributed by atoms with Crippen molar-refractivity contribution in [3.8, 4) is 11.4 Å². The Morgan fingerprint density at radius 3 is 2.55 bits per heavy atom. The summed E-state index contributed by atoms with van der Waals surface area (Å²) in [5, 5.41) is 12.9. The van der Waals surface area contributed by atoms with Crippen LogP contribution >= 0.6 is 11.8 Å². The summed E-state index contributed by atoms with van der Waals surface area (Å²) in [6, 6.07) is 5.48. The monoisotopic (exact) mass is 423 g/mol. The van der Waals surface area contributed by atoms with Crippen LogP contribution in [0.3, 0.4) is 0 Å². The standard InChI is InChI=1S/C18H22FN5O4S/c1-18(2,3)21-16(27)20-13(25)9-28-14(26)10-29-17-23-22-15(24(17)4)11-7-5-6-8-12(11)19/h5-8H,9-10H2,1-4H3,(H2,20,21,25,27). The molecule has 0 aliphatic rings. The van der Waals surface area contributed by atoms with E-state index in [1.54, 1.807) is 50.6 Å². The first-order valence-electron chi connectivity index (χ1n) is 8.61. The van der Waals surface area contributed by atoms with Crippen molar-refractivity contribution in [2.45, 2.75) is 31.5 Å². The van der Waals surface area contributed by atoms with Gasteiger partial charge in [-0.05, 0) is 32.9 Å². The molecule has 1 aromatic carbocycles. The molecule has 0 fully saturated rings. The molecule has 1 aromatic heterocycles. The number of esters is 1. The summed E-state index contributed by atoms with van der Waals surface area (Å²) in [5.74, 6) is -1.66. The molecule has 11 heteroatoms. The second-order valence-corrected chi connectivity index (χ2v) is 7.99. The summed E-state index contributed by atoms with van der Waals surface area (Å²) in [4.78, 5) is 35.1. The van der Waals surface area contributed by atoms with Crippen LogP contribution in [0.4, 0.5) is 9.18 Å². The second-order valence-electron chi connectivity index (χ2n) is 7.05. The number of rotatable bonds is 6. The van der Waals surface area contributed by atoms with Crippen molar-refractivity contribution in [2.24, 2.45) is 7.05 Å². The van der Waals surface area contributed by atoms with Crippen molar-refractivity contribution in [1.82, 2.24) is 25.4 Å². The summed E-state index contributed by atoms with van der Waals surface area (Å²) in [6.45, 7) is 4.70. The maximum atomic E-state index is 13.9. The number of imide groups is 1. The van der Waals surface area contributed by atoms with E-state index in [0.29, 0.717) is 16.5 Å². The molecule has 0 spiro atoms. The third-order valence-electron chi connectivity index (χ3n) is 3.37. The number of halogens is 1. The Morgan fingerprint density at radius 2 is 1.90 bits per heavy atom. The zero-order chi connectivity index (χ0) is 21.6. The zero-order valence-corrected chi connectivity index (χ0v) is 17.3. The minimum absolute atomic E-state index is 0.134. The smallest absolute Gasteiger partial charge is 0.321 e. The second kappa shape index (κ2) is 9.50. The molecule has 29 heavy (non-hydrogen) atoms. The molecule has 0 aliphatic heterocycles. The van der Waals surface area contributed by atoms with Gasteiger partial charge in [0.1, 0.15) is 5.82 Å². The number of urea groups is 1. The number of carbonyl (C=O) groups is 3. The first-order chi connectivity index (χ1) is 13.6. The molecule has 0 saturated heterocycles. The van der Waals surface area contributed by atoms with Crippen LogP contribution in [0.25, 0.3) is 11.4 Å². The molecule has 0 unspecified atom stereocenters. The highest BCUT2D eigenvalue weighted by atomic mass is 32.2. The van der Waals surface area contributed by atoms with Crippen LogP contribution in [-0.4, -0.2) is 50.6 Å². The lowest BCUT2D eigenvalue weighted by atomic mass is 10.1. The predicted molar refractivity (Wildman–Crippen MR) is 105 cm³/mol. The molecule has 2 rings (SSSR count). The predicted octanol–water partition coefficient (Wildman–Crippen LogP) is 1.88. The highest BCUT2D eigenvalue weighted by molar-refractivity contribution is 7.99. The Morgan fingerprint density at radius 1 is 1.21 bits per heavy atom. The van der Waals surface area contributed by atoms with Gasteiger partial charge >= 0.3 is 12.0 Å². The first-order valence-corrected chi connectivity index (χ1v) is 9.60. The summed E-state index contributed by atoms with van der Waals surface area (Å²) in [7, 11) is 1.65. The molecule has 9 nitrogen and oxygen atoms in total. The average Bonchev–Trinajstić information content (AvgIpc) is 2.97. The highest BCUT2D eigenvalue weighted by Gasteiger charge is 2.18. The molecule has 156 valence electrons. The topological polar surface area (TPSA) is 115 Å². The summed E-state index contributed by atoms with van der Waals surface area (Å²) >= 11 is 1.03. The zero-order valence-electron chi connectivity index (χ0n) is 16.5. The molecule has 0 saturated carbocycles. The van der Waals surface area contributed by atoms with Crippen LogP contribution in [0.5, 0.6) is 0 Å². The van der Waals surface area contributed by atoms with Crippen molar-refractivity contribution in [1.29, 1.82) is 0 Å². The van der Waals surface area contributed by atoms with Crippen LogP contribution in [0, 0.1) is 5.82 Å². The first kappa shape index (κ1) is 22.3. The number of carbonyl (C=O) groups excluding carboxylic acids is 3. The van der Waals surface area contributed by atoms with E-state index in [1.807, 2.05) is 0 Å². The van der Waals surface area contributed by atoms with E-state index in [0.717, 1.165) is 11.8 Å². The number of aromatic nitrogens is 3. The van der Waals surface area contributed by atoms with Gasteiger partial charge in [0, 0.05) is 12.6 Å². The van der Waals surface area contributed by atoms with E-state index in [4.69, 9.17) is 4.74 Å². The van der Waals surface area contributed by atoms with Gasteiger partial charge in [-0.15, -0.1) is 10.2 Å². The molecule has 3 amide bonds. The van der Waals surface area contributed by atoms with Crippen molar-refractivity contribution >= 4 is 29.7 Å². The lowest BCUT2D eigenvalue weighted by molar-refractivity contribution is -0.145. The number of nitrogens with one attached hydrogen (secondary N) is 2. The number of benzene rings is 1. The normalized spacial score (nSPS) is 11.1. The Kier molecular flexibility index (Phi) is 7.32. The summed E-state index contributed by atoms with van der Waals surface area (Å²) < 4.78 is 20.3. The fourth-order valence-electron chi connectivity index (χ4n) is 2.16. The number of thioether (sulfide) groups is 1. The van der Waals surface area contributed by atoms with Crippen molar-refractivity contribution < 1.29 is 23.5 Å². The largest absolute Gasteiger partial charge is 0.455 e. The van der Waals surface area contributed by atoms with E-state index < -0.39 is 35.9 Å². The minimum Gasteiger partial charge on any atom is -0.455 e. The summed E-state index contributed by atoms with van der Waals surface area (Å²) in [6.07, 6.45) is 0. The van der Waals surface area contributed by atoms with Gasteiger partial charge in [-0.3, -0.25) is 14.9 Å². The van der Waals surface area contributed by atoms with Gasteiger partial charge in [0.15, 0.2) is 17.6 Å². The SMILES string of the molecule is Cn1c(SCC(=O)OCC(=O)NC(=O)NC(C)(C)C)nnc1-c1ccccc1F. The van der Waals surface area contributed by atoms with Crippen LogP contribution in [0.2, 0.25) is 0 Å².